The Kier molecular flexibility index (Phi) is 1.65. The second-order valence-corrected chi connectivity index (χ2v) is 3.99. The molecule has 2 rings (SSSR count). The van der Waals surface area contributed by atoms with Crippen molar-refractivity contribution >= 4 is 17.2 Å². The van der Waals surface area contributed by atoms with Crippen LogP contribution in [0, 0.1) is 5.92 Å². The Morgan fingerprint density at radius 3 is 3.10 bits per heavy atom. The van der Waals surface area contributed by atoms with Gasteiger partial charge >= 0.3 is 0 Å². The zero-order valence-electron chi connectivity index (χ0n) is 6.10. The number of fused-ring (bicyclic) bond motifs is 2. The quantitative estimate of drug-likeness (QED) is 0.536. The summed E-state index contributed by atoms with van der Waals surface area (Å²) in [6.07, 6.45) is 6.70. The summed E-state index contributed by atoms with van der Waals surface area (Å²) >= 11 is 5.15. The number of piperidine rings is 1. The molecule has 0 aromatic carbocycles. The molecule has 1 aliphatic heterocycles. The van der Waals surface area contributed by atoms with Gasteiger partial charge in [-0.15, -0.1) is 0 Å². The van der Waals surface area contributed by atoms with Gasteiger partial charge in [-0.2, -0.15) is 0 Å². The molecule has 0 amide bonds. The molecule has 0 aromatic rings. The van der Waals surface area contributed by atoms with Crippen LogP contribution in [0.4, 0.5) is 0 Å². The lowest BCUT2D eigenvalue weighted by Gasteiger charge is -2.35. The summed E-state index contributed by atoms with van der Waals surface area (Å²) in [5.74, 6) is 0.924. The molecule has 2 aliphatic rings. The highest BCUT2D eigenvalue weighted by Gasteiger charge is 2.27. The van der Waals surface area contributed by atoms with E-state index in [2.05, 4.69) is 5.32 Å². The maximum Gasteiger partial charge on any atom is 0.0758 e. The lowest BCUT2D eigenvalue weighted by molar-refractivity contribution is 0.289. The van der Waals surface area contributed by atoms with Gasteiger partial charge in [0.05, 0.1) is 4.99 Å². The first-order valence-corrected chi connectivity index (χ1v) is 4.55. The molecule has 2 fully saturated rings. The number of hydrogen-bond donors (Lipinski definition) is 1. The number of thiocarbonyl (C=S) groups is 1. The SMILES string of the molecule is S=C1C[C@H]2CCC[C@H](C2)N1. The number of hydrogen-bond acceptors (Lipinski definition) is 1. The molecule has 1 N–H and O–H groups in total. The van der Waals surface area contributed by atoms with Gasteiger partial charge in [0.15, 0.2) is 0 Å². The average molecular weight is 155 g/mol. The molecule has 2 heteroatoms. The van der Waals surface area contributed by atoms with Crippen molar-refractivity contribution in [2.45, 2.75) is 38.1 Å². The molecular weight excluding hydrogens is 142 g/mol. The summed E-state index contributed by atoms with van der Waals surface area (Å²) in [6.45, 7) is 0. The van der Waals surface area contributed by atoms with E-state index in [0.717, 1.165) is 23.4 Å². The highest BCUT2D eigenvalue weighted by molar-refractivity contribution is 7.80. The summed E-state index contributed by atoms with van der Waals surface area (Å²) in [6, 6.07) is 0.736. The first-order valence-electron chi connectivity index (χ1n) is 4.14. The third-order valence-corrected chi connectivity index (χ3v) is 2.91. The van der Waals surface area contributed by atoms with E-state index in [0.29, 0.717) is 0 Å². The van der Waals surface area contributed by atoms with Crippen LogP contribution in [-0.2, 0) is 0 Å². The summed E-state index contributed by atoms with van der Waals surface area (Å²) in [5, 5.41) is 3.38. The van der Waals surface area contributed by atoms with Crippen molar-refractivity contribution in [2.75, 3.05) is 0 Å². The van der Waals surface area contributed by atoms with Gasteiger partial charge in [-0.3, -0.25) is 0 Å². The van der Waals surface area contributed by atoms with Gasteiger partial charge in [0.25, 0.3) is 0 Å². The van der Waals surface area contributed by atoms with Gasteiger partial charge in [-0.05, 0) is 25.2 Å². The van der Waals surface area contributed by atoms with Crippen molar-refractivity contribution < 1.29 is 0 Å². The molecule has 2 atom stereocenters. The van der Waals surface area contributed by atoms with Crippen LogP contribution in [0.25, 0.3) is 0 Å². The van der Waals surface area contributed by atoms with Crippen LogP contribution >= 0.6 is 12.2 Å². The highest BCUT2D eigenvalue weighted by atomic mass is 32.1. The van der Waals surface area contributed by atoms with Gasteiger partial charge in [0.2, 0.25) is 0 Å². The van der Waals surface area contributed by atoms with Crippen LogP contribution in [0.15, 0.2) is 0 Å². The molecule has 1 heterocycles. The maximum absolute atomic E-state index is 5.15. The Balaban J connectivity index is 2.05. The maximum atomic E-state index is 5.15. The third-order valence-electron chi connectivity index (χ3n) is 2.62. The van der Waals surface area contributed by atoms with Gasteiger partial charge in [0.1, 0.15) is 0 Å². The lowest BCUT2D eigenvalue weighted by atomic mass is 9.81. The summed E-state index contributed by atoms with van der Waals surface area (Å²) in [7, 11) is 0. The van der Waals surface area contributed by atoms with Crippen LogP contribution in [-0.4, -0.2) is 11.0 Å². The van der Waals surface area contributed by atoms with Gasteiger partial charge in [0, 0.05) is 12.5 Å². The molecule has 1 saturated heterocycles. The molecule has 2 bridgehead atoms. The Hall–Kier alpha value is -0.110. The molecule has 1 nitrogen and oxygen atoms in total. The topological polar surface area (TPSA) is 12.0 Å². The van der Waals surface area contributed by atoms with Crippen molar-refractivity contribution in [2.24, 2.45) is 5.92 Å². The predicted molar refractivity (Wildman–Crippen MR) is 46.1 cm³/mol. The van der Waals surface area contributed by atoms with Crippen molar-refractivity contribution in [3.05, 3.63) is 0 Å². The monoisotopic (exact) mass is 155 g/mol. The molecule has 1 saturated carbocycles. The second kappa shape index (κ2) is 2.50. The Morgan fingerprint density at radius 1 is 1.40 bits per heavy atom. The molecule has 0 unspecified atom stereocenters. The Labute approximate surface area is 67.2 Å². The zero-order valence-corrected chi connectivity index (χ0v) is 6.91. The van der Waals surface area contributed by atoms with E-state index in [1.54, 1.807) is 0 Å². The Morgan fingerprint density at radius 2 is 2.30 bits per heavy atom. The molecule has 0 spiro atoms. The molecule has 10 heavy (non-hydrogen) atoms. The second-order valence-electron chi connectivity index (χ2n) is 3.50. The fourth-order valence-electron chi connectivity index (χ4n) is 2.16. The fraction of sp³-hybridized carbons (Fsp3) is 0.875. The third kappa shape index (κ3) is 1.17. The minimum Gasteiger partial charge on any atom is -0.377 e. The van der Waals surface area contributed by atoms with Crippen LogP contribution in [0.3, 0.4) is 0 Å². The number of rotatable bonds is 0. The van der Waals surface area contributed by atoms with Gasteiger partial charge < -0.3 is 5.32 Å². The number of nitrogens with one attached hydrogen (secondary N) is 1. The summed E-state index contributed by atoms with van der Waals surface area (Å²) < 4.78 is 0. The summed E-state index contributed by atoms with van der Waals surface area (Å²) in [4.78, 5) is 1.11. The molecule has 1 aliphatic carbocycles. The molecule has 0 radical (unpaired) electrons. The normalized spacial score (nSPS) is 39.0. The molecule has 0 aromatic heterocycles. The highest BCUT2D eigenvalue weighted by Crippen LogP contribution is 2.30. The van der Waals surface area contributed by atoms with E-state index >= 15 is 0 Å². The first kappa shape index (κ1) is 6.59. The van der Waals surface area contributed by atoms with Gasteiger partial charge in [-0.25, -0.2) is 0 Å². The van der Waals surface area contributed by atoms with Crippen LogP contribution in [0.1, 0.15) is 32.1 Å². The largest absolute Gasteiger partial charge is 0.377 e. The van der Waals surface area contributed by atoms with Crippen molar-refractivity contribution in [1.29, 1.82) is 0 Å². The minimum absolute atomic E-state index is 0.736. The predicted octanol–water partition coefficient (Wildman–Crippen LogP) is 1.87. The van der Waals surface area contributed by atoms with E-state index in [9.17, 15) is 0 Å². The van der Waals surface area contributed by atoms with Gasteiger partial charge in [-0.1, -0.05) is 18.6 Å². The average Bonchev–Trinajstić information content (AvgIpc) is 1.85. The minimum atomic E-state index is 0.736. The fourth-order valence-corrected chi connectivity index (χ4v) is 2.56. The van der Waals surface area contributed by atoms with E-state index in [-0.39, 0.29) is 0 Å². The Bertz CT molecular complexity index is 141. The van der Waals surface area contributed by atoms with Crippen LogP contribution < -0.4 is 5.32 Å². The standard InChI is InChI=1S/C8H13NS/c10-8-5-6-2-1-3-7(4-6)9-8/h6-7H,1-5H2,(H,9,10)/t6-,7+/m0/s1. The zero-order chi connectivity index (χ0) is 6.97. The van der Waals surface area contributed by atoms with Crippen molar-refractivity contribution in [1.82, 2.24) is 5.32 Å². The van der Waals surface area contributed by atoms with E-state index in [1.165, 1.54) is 25.7 Å². The lowest BCUT2D eigenvalue weighted by Crippen LogP contribution is -2.43. The summed E-state index contributed by atoms with van der Waals surface area (Å²) in [5.41, 5.74) is 0. The first-order chi connectivity index (χ1) is 4.84. The van der Waals surface area contributed by atoms with E-state index in [4.69, 9.17) is 12.2 Å². The van der Waals surface area contributed by atoms with Crippen LogP contribution in [0.5, 0.6) is 0 Å². The van der Waals surface area contributed by atoms with Crippen molar-refractivity contribution in [3.8, 4) is 0 Å². The smallest absolute Gasteiger partial charge is 0.0758 e. The molecular formula is C8H13NS. The molecule has 56 valence electrons. The van der Waals surface area contributed by atoms with E-state index < -0.39 is 0 Å². The van der Waals surface area contributed by atoms with Crippen LogP contribution in [0.2, 0.25) is 0 Å². The van der Waals surface area contributed by atoms with E-state index in [1.807, 2.05) is 0 Å². The van der Waals surface area contributed by atoms with Crippen molar-refractivity contribution in [3.63, 3.8) is 0 Å².